The number of hydrogen-bond acceptors (Lipinski definition) is 3. The summed E-state index contributed by atoms with van der Waals surface area (Å²) in [5.41, 5.74) is -1.26. The molecule has 0 fully saturated rings. The van der Waals surface area contributed by atoms with Crippen molar-refractivity contribution >= 4 is 12.0 Å². The summed E-state index contributed by atoms with van der Waals surface area (Å²) in [6, 6.07) is -0.278. The lowest BCUT2D eigenvalue weighted by Gasteiger charge is -2.24. The smallest absolute Gasteiger partial charge is 0.328 e. The second-order valence-electron chi connectivity index (χ2n) is 4.58. The van der Waals surface area contributed by atoms with E-state index >= 15 is 0 Å². The fourth-order valence-corrected chi connectivity index (χ4v) is 0.804. The van der Waals surface area contributed by atoms with Gasteiger partial charge in [0.2, 0.25) is 0 Å². The summed E-state index contributed by atoms with van der Waals surface area (Å²) in [6.07, 6.45) is 0. The summed E-state index contributed by atoms with van der Waals surface area (Å²) in [7, 11) is 3.82. The quantitative estimate of drug-likeness (QED) is 0.626. The third-order valence-electron chi connectivity index (χ3n) is 2.40. The van der Waals surface area contributed by atoms with E-state index in [2.05, 4.69) is 10.6 Å². The SMILES string of the molecule is CC(CNC(=O)NC(C)(C)C(=O)O)N(C)C. The Labute approximate surface area is 96.0 Å². The van der Waals surface area contributed by atoms with E-state index in [1.54, 1.807) is 0 Å². The van der Waals surface area contributed by atoms with Gasteiger partial charge in [0.25, 0.3) is 0 Å². The van der Waals surface area contributed by atoms with Gasteiger partial charge in [-0.3, -0.25) is 0 Å². The molecule has 0 radical (unpaired) electrons. The minimum absolute atomic E-state index is 0.193. The molecule has 0 spiro atoms. The van der Waals surface area contributed by atoms with Gasteiger partial charge >= 0.3 is 12.0 Å². The van der Waals surface area contributed by atoms with Crippen LogP contribution >= 0.6 is 0 Å². The molecule has 1 unspecified atom stereocenters. The fourth-order valence-electron chi connectivity index (χ4n) is 0.804. The first-order valence-electron chi connectivity index (χ1n) is 5.12. The number of carboxylic acids is 1. The Kier molecular flexibility index (Phi) is 5.23. The van der Waals surface area contributed by atoms with Gasteiger partial charge in [-0.25, -0.2) is 9.59 Å². The summed E-state index contributed by atoms with van der Waals surface area (Å²) in [5, 5.41) is 13.8. The fraction of sp³-hybridized carbons (Fsp3) is 0.800. The van der Waals surface area contributed by atoms with Crippen LogP contribution in [0.1, 0.15) is 20.8 Å². The number of nitrogens with zero attached hydrogens (tertiary/aromatic N) is 1. The van der Waals surface area contributed by atoms with Gasteiger partial charge in [-0.05, 0) is 34.9 Å². The van der Waals surface area contributed by atoms with E-state index < -0.39 is 17.5 Å². The highest BCUT2D eigenvalue weighted by atomic mass is 16.4. The van der Waals surface area contributed by atoms with Crippen molar-refractivity contribution in [3.05, 3.63) is 0 Å². The molecule has 1 atom stereocenters. The predicted molar refractivity (Wildman–Crippen MR) is 61.4 cm³/mol. The molecule has 0 aliphatic heterocycles. The number of nitrogens with one attached hydrogen (secondary N) is 2. The molecule has 2 amide bonds. The lowest BCUT2D eigenvalue weighted by atomic mass is 10.1. The Bertz CT molecular complexity index is 264. The maximum Gasteiger partial charge on any atom is 0.328 e. The van der Waals surface area contributed by atoms with Gasteiger partial charge in [0.1, 0.15) is 5.54 Å². The Morgan fingerprint density at radius 2 is 1.88 bits per heavy atom. The molecule has 94 valence electrons. The average molecular weight is 231 g/mol. The Hall–Kier alpha value is -1.30. The van der Waals surface area contributed by atoms with E-state index in [1.807, 2.05) is 25.9 Å². The molecule has 0 aliphatic carbocycles. The van der Waals surface area contributed by atoms with E-state index in [1.165, 1.54) is 13.8 Å². The first-order valence-corrected chi connectivity index (χ1v) is 5.12. The molecule has 16 heavy (non-hydrogen) atoms. The molecule has 0 saturated heterocycles. The van der Waals surface area contributed by atoms with Crippen LogP contribution in [0, 0.1) is 0 Å². The summed E-state index contributed by atoms with van der Waals surface area (Å²) < 4.78 is 0. The van der Waals surface area contributed by atoms with Crippen molar-refractivity contribution in [3.63, 3.8) is 0 Å². The monoisotopic (exact) mass is 231 g/mol. The molecule has 0 aromatic rings. The number of hydrogen-bond donors (Lipinski definition) is 3. The van der Waals surface area contributed by atoms with Gasteiger partial charge in [-0.1, -0.05) is 0 Å². The minimum Gasteiger partial charge on any atom is -0.480 e. The molecule has 0 rings (SSSR count). The number of likely N-dealkylation sites (N-methyl/N-ethyl adjacent to an activating group) is 1. The van der Waals surface area contributed by atoms with Gasteiger partial charge in [-0.2, -0.15) is 0 Å². The van der Waals surface area contributed by atoms with Gasteiger partial charge in [-0.15, -0.1) is 0 Å². The van der Waals surface area contributed by atoms with Crippen LogP contribution in [0.15, 0.2) is 0 Å². The van der Waals surface area contributed by atoms with E-state index in [0.29, 0.717) is 6.54 Å². The molecular formula is C10H21N3O3. The van der Waals surface area contributed by atoms with Gasteiger partial charge in [0.15, 0.2) is 0 Å². The van der Waals surface area contributed by atoms with Crippen molar-refractivity contribution in [1.82, 2.24) is 15.5 Å². The number of aliphatic carboxylic acids is 1. The maximum absolute atomic E-state index is 11.4. The number of carbonyl (C=O) groups excluding carboxylic acids is 1. The van der Waals surface area contributed by atoms with Crippen molar-refractivity contribution in [2.45, 2.75) is 32.4 Å². The highest BCUT2D eigenvalue weighted by molar-refractivity contribution is 5.85. The number of carbonyl (C=O) groups is 2. The number of carboxylic acid groups (broad SMARTS) is 1. The average Bonchev–Trinajstić information content (AvgIpc) is 2.12. The second kappa shape index (κ2) is 5.69. The standard InChI is InChI=1S/C10H21N3O3/c1-7(13(4)5)6-11-9(16)12-10(2,3)8(14)15/h7H,6H2,1-5H3,(H,14,15)(H2,11,12,16). The van der Waals surface area contributed by atoms with Crippen molar-refractivity contribution in [2.24, 2.45) is 0 Å². The molecule has 6 heteroatoms. The third kappa shape index (κ3) is 4.97. The molecule has 0 aromatic heterocycles. The van der Waals surface area contributed by atoms with Crippen molar-refractivity contribution in [1.29, 1.82) is 0 Å². The molecule has 0 heterocycles. The number of urea groups is 1. The Morgan fingerprint density at radius 1 is 1.38 bits per heavy atom. The molecule has 6 nitrogen and oxygen atoms in total. The molecule has 0 bridgehead atoms. The first kappa shape index (κ1) is 14.7. The zero-order valence-electron chi connectivity index (χ0n) is 10.5. The van der Waals surface area contributed by atoms with E-state index in [0.717, 1.165) is 0 Å². The lowest BCUT2D eigenvalue weighted by Crippen LogP contribution is -2.54. The predicted octanol–water partition coefficient (Wildman–Crippen LogP) is 0.0989. The first-order chi connectivity index (χ1) is 7.16. The van der Waals surface area contributed by atoms with Crippen molar-refractivity contribution in [2.75, 3.05) is 20.6 Å². The van der Waals surface area contributed by atoms with Crippen LogP contribution in [0.5, 0.6) is 0 Å². The number of amides is 2. The van der Waals surface area contributed by atoms with Crippen molar-refractivity contribution < 1.29 is 14.7 Å². The van der Waals surface area contributed by atoms with Crippen LogP contribution in [0.2, 0.25) is 0 Å². The van der Waals surface area contributed by atoms with Gasteiger partial charge < -0.3 is 20.6 Å². The van der Waals surface area contributed by atoms with E-state index in [9.17, 15) is 9.59 Å². The van der Waals surface area contributed by atoms with Crippen molar-refractivity contribution in [3.8, 4) is 0 Å². The molecular weight excluding hydrogens is 210 g/mol. The largest absolute Gasteiger partial charge is 0.480 e. The normalized spacial score (nSPS) is 13.4. The zero-order valence-corrected chi connectivity index (χ0v) is 10.5. The Morgan fingerprint density at radius 3 is 2.25 bits per heavy atom. The van der Waals surface area contributed by atoms with Crippen LogP contribution in [-0.2, 0) is 4.79 Å². The number of rotatable bonds is 5. The molecule has 0 aromatic carbocycles. The maximum atomic E-state index is 11.4. The lowest BCUT2D eigenvalue weighted by molar-refractivity contribution is -0.142. The van der Waals surface area contributed by atoms with Crippen LogP contribution in [-0.4, -0.2) is 54.2 Å². The minimum atomic E-state index is -1.26. The van der Waals surface area contributed by atoms with Gasteiger partial charge in [0.05, 0.1) is 0 Å². The zero-order chi connectivity index (χ0) is 12.9. The van der Waals surface area contributed by atoms with Crippen LogP contribution in [0.25, 0.3) is 0 Å². The summed E-state index contributed by atoms with van der Waals surface area (Å²) >= 11 is 0. The highest BCUT2D eigenvalue weighted by Crippen LogP contribution is 2.00. The molecule has 0 aliphatic rings. The molecule has 3 N–H and O–H groups in total. The topological polar surface area (TPSA) is 81.7 Å². The van der Waals surface area contributed by atoms with E-state index in [-0.39, 0.29) is 6.04 Å². The second-order valence-corrected chi connectivity index (χ2v) is 4.58. The molecule has 0 saturated carbocycles. The van der Waals surface area contributed by atoms with Crippen LogP contribution < -0.4 is 10.6 Å². The summed E-state index contributed by atoms with van der Waals surface area (Å²) in [6.45, 7) is 5.30. The van der Waals surface area contributed by atoms with Crippen LogP contribution in [0.4, 0.5) is 4.79 Å². The Balaban J connectivity index is 4.06. The highest BCUT2D eigenvalue weighted by Gasteiger charge is 2.28. The summed E-state index contributed by atoms with van der Waals surface area (Å²) in [4.78, 5) is 24.1. The third-order valence-corrected chi connectivity index (χ3v) is 2.40. The summed E-state index contributed by atoms with van der Waals surface area (Å²) in [5.74, 6) is -1.07. The van der Waals surface area contributed by atoms with Crippen LogP contribution in [0.3, 0.4) is 0 Å². The van der Waals surface area contributed by atoms with E-state index in [4.69, 9.17) is 5.11 Å². The van der Waals surface area contributed by atoms with Gasteiger partial charge in [0, 0.05) is 12.6 Å².